The highest BCUT2D eigenvalue weighted by atomic mass is 31.2. The molecule has 3 saturated heterocycles. The molecule has 0 aromatic carbocycles. The Morgan fingerprint density at radius 1 is 0.868 bits per heavy atom. The van der Waals surface area contributed by atoms with E-state index in [4.69, 9.17) is 39.2 Å². The molecule has 4 aliphatic heterocycles. The van der Waals surface area contributed by atoms with Crippen LogP contribution in [0, 0.1) is 41.4 Å². The molecule has 6 N–H and O–H groups in total. The van der Waals surface area contributed by atoms with Crippen LogP contribution in [-0.4, -0.2) is 127 Å². The highest BCUT2D eigenvalue weighted by Gasteiger charge is 2.57. The van der Waals surface area contributed by atoms with Gasteiger partial charge in [-0.3, -0.25) is 23.7 Å². The summed E-state index contributed by atoms with van der Waals surface area (Å²) in [6, 6.07) is -1.18. The first-order chi connectivity index (χ1) is 32.0. The lowest BCUT2D eigenvalue weighted by molar-refractivity contribution is -0.266. The molecule has 17 nitrogen and oxygen atoms in total. The molecule has 68 heavy (non-hydrogen) atoms. The van der Waals surface area contributed by atoms with Gasteiger partial charge in [-0.1, -0.05) is 64.2 Å². The third kappa shape index (κ3) is 13.6. The number of allylic oxidation sites excluding steroid dienone is 6. The summed E-state index contributed by atoms with van der Waals surface area (Å²) in [5, 5.41) is 23.5. The van der Waals surface area contributed by atoms with E-state index in [1.165, 1.54) is 19.1 Å². The Kier molecular flexibility index (Phi) is 19.9. The Morgan fingerprint density at radius 2 is 1.59 bits per heavy atom. The van der Waals surface area contributed by atoms with Crippen LogP contribution >= 0.6 is 7.67 Å². The van der Waals surface area contributed by atoms with E-state index >= 15 is 0 Å². The SMILES string of the molecule is COC1CC(C[C@H]2C3CCCN4C(=O)C(=O)C5(O)O[C@@H](CCC5C)C[C@H](OC)/C(C)=C/C=C/C=C/[C@@H](C)CC(C)C(=O)[C@H](OC)C(O)/C(C)=C/C(C)C(=O)C[C@@H]2OC(=O)C34)CC[C@H]1OP(N)(N)=O. The topological polar surface area (TPSA) is 254 Å². The molecule has 382 valence electrons. The predicted octanol–water partition coefficient (Wildman–Crippen LogP) is 5.45. The number of rotatable bonds is 7. The number of nitrogens with zero attached hydrogens (tertiary/aromatic N) is 1. The number of hydrogen-bond donors (Lipinski definition) is 4. The van der Waals surface area contributed by atoms with E-state index < -0.39 is 109 Å². The molecule has 5 aliphatic rings. The van der Waals surface area contributed by atoms with Gasteiger partial charge in [-0.05, 0) is 101 Å². The standard InChI is InChI=1S/C50H78N3O14P/c1-28-14-11-10-12-15-29(2)40(62-7)26-35-19-17-33(6)50(60,66-35)47(57)48(58)53-21-13-16-36-37(24-34-18-20-39(42(25-34)63-8)67-68(51,52)61)41(65-49(59)43(36)53)27-38(54)30(3)23-32(5)45(56)46(64-9)44(55)31(4)22-28/h10-12,14-15,23,28,30-31,33-37,39-43,45-46,56,60H,13,16-22,24-27H2,1-9H3,(H4,51,52,61)/b12-10+,14-11+,29-15+,32-23+/t28-,30?,31?,33?,34?,35+,36?,37+,39-,40+,41+,42?,43?,45?,46+,50?/m1/s1. The molecule has 1 saturated carbocycles. The van der Waals surface area contributed by atoms with Gasteiger partial charge in [-0.25, -0.2) is 15.8 Å². The van der Waals surface area contributed by atoms with E-state index in [2.05, 4.69) is 0 Å². The molecular weight excluding hydrogens is 898 g/mol. The number of ketones is 3. The second-order valence-corrected chi connectivity index (χ2v) is 21.7. The summed E-state index contributed by atoms with van der Waals surface area (Å²) >= 11 is 0. The Morgan fingerprint density at radius 3 is 2.25 bits per heavy atom. The number of nitrogens with two attached hydrogens (primary N) is 2. The molecular formula is C50H78N3O14P. The van der Waals surface area contributed by atoms with E-state index in [9.17, 15) is 38.8 Å². The van der Waals surface area contributed by atoms with E-state index in [-0.39, 0.29) is 36.4 Å². The lowest BCUT2D eigenvalue weighted by Gasteiger charge is -2.50. The number of ether oxygens (including phenoxy) is 5. The molecule has 4 fully saturated rings. The molecule has 0 aromatic heterocycles. The van der Waals surface area contributed by atoms with E-state index in [0.717, 1.165) is 5.57 Å². The largest absolute Gasteiger partial charge is 0.460 e. The van der Waals surface area contributed by atoms with Crippen LogP contribution in [-0.2, 0) is 56.7 Å². The number of piperidine rings is 1. The molecule has 16 atom stereocenters. The zero-order valence-corrected chi connectivity index (χ0v) is 42.3. The van der Waals surface area contributed by atoms with Crippen LogP contribution in [0.15, 0.2) is 47.6 Å². The van der Waals surface area contributed by atoms with Crippen molar-refractivity contribution in [3.05, 3.63) is 47.6 Å². The summed E-state index contributed by atoms with van der Waals surface area (Å²) in [7, 11) is 0.626. The third-order valence-electron chi connectivity index (χ3n) is 15.2. The first kappa shape index (κ1) is 55.7. The van der Waals surface area contributed by atoms with E-state index in [1.54, 1.807) is 40.9 Å². The van der Waals surface area contributed by atoms with E-state index in [1.807, 2.05) is 44.2 Å². The number of Topliss-reactive ketones (excluding diaryl/α,β-unsaturated/α-hetero) is 3. The summed E-state index contributed by atoms with van der Waals surface area (Å²) in [5.74, 6) is -8.97. The zero-order chi connectivity index (χ0) is 50.2. The van der Waals surface area contributed by atoms with Gasteiger partial charge < -0.3 is 43.3 Å². The molecule has 4 bridgehead atoms. The Balaban J connectivity index is 1.51. The summed E-state index contributed by atoms with van der Waals surface area (Å²) in [6.07, 6.45) is 9.83. The van der Waals surface area contributed by atoms with Crippen molar-refractivity contribution in [3.8, 4) is 0 Å². The summed E-state index contributed by atoms with van der Waals surface area (Å²) in [4.78, 5) is 72.4. The van der Waals surface area contributed by atoms with Crippen LogP contribution in [0.25, 0.3) is 0 Å². The Hall–Kier alpha value is -3.22. The fraction of sp³-hybridized carbons (Fsp3) is 0.740. The summed E-state index contributed by atoms with van der Waals surface area (Å²) < 4.78 is 47.3. The number of carbonyl (C=O) groups excluding carboxylic acids is 5. The maximum Gasteiger partial charge on any atom is 0.335 e. The third-order valence-corrected chi connectivity index (χ3v) is 15.8. The fourth-order valence-electron chi connectivity index (χ4n) is 11.2. The lowest BCUT2D eigenvalue weighted by atomic mass is 9.68. The number of fused-ring (bicyclic) bond motifs is 4. The second kappa shape index (κ2) is 24.3. The minimum Gasteiger partial charge on any atom is -0.460 e. The average molecular weight is 976 g/mol. The minimum absolute atomic E-state index is 0.00643. The number of amides is 1. The number of hydrogen-bond acceptors (Lipinski definition) is 14. The first-order valence-corrected chi connectivity index (χ1v) is 26.1. The van der Waals surface area contributed by atoms with Gasteiger partial charge in [-0.15, -0.1) is 0 Å². The molecule has 1 aliphatic carbocycles. The van der Waals surface area contributed by atoms with Crippen LogP contribution in [0.5, 0.6) is 0 Å². The lowest BCUT2D eigenvalue weighted by Crippen LogP contribution is -2.65. The Bertz CT molecular complexity index is 1980. The monoisotopic (exact) mass is 976 g/mol. The molecule has 9 unspecified atom stereocenters. The smallest absolute Gasteiger partial charge is 0.335 e. The zero-order valence-electron chi connectivity index (χ0n) is 41.5. The van der Waals surface area contributed by atoms with Crippen molar-refractivity contribution in [2.75, 3.05) is 27.9 Å². The Labute approximate surface area is 402 Å². The van der Waals surface area contributed by atoms with Crippen molar-refractivity contribution >= 4 is 36.9 Å². The molecule has 18 heteroatoms. The van der Waals surface area contributed by atoms with Crippen molar-refractivity contribution < 1.29 is 67.0 Å². The van der Waals surface area contributed by atoms with Crippen LogP contribution in [0.3, 0.4) is 0 Å². The number of carbonyl (C=O) groups is 5. The molecule has 1 amide bonds. The summed E-state index contributed by atoms with van der Waals surface area (Å²) in [5.41, 5.74) is 12.4. The highest BCUT2D eigenvalue weighted by Crippen LogP contribution is 2.46. The molecule has 0 spiro atoms. The van der Waals surface area contributed by atoms with Gasteiger partial charge in [-0.2, -0.15) is 0 Å². The first-order valence-electron chi connectivity index (χ1n) is 24.4. The normalized spacial score (nSPS) is 41.6. The number of methoxy groups -OCH3 is 3. The fourth-order valence-corrected chi connectivity index (χ4v) is 11.9. The molecule has 5 rings (SSSR count). The number of aliphatic hydroxyl groups excluding tert-OH is 1. The minimum atomic E-state index is -3.82. The summed E-state index contributed by atoms with van der Waals surface area (Å²) in [6.45, 7) is 10.7. The van der Waals surface area contributed by atoms with Gasteiger partial charge >= 0.3 is 13.6 Å². The molecule has 0 radical (unpaired) electrons. The van der Waals surface area contributed by atoms with Gasteiger partial charge in [0.05, 0.1) is 24.4 Å². The van der Waals surface area contributed by atoms with Crippen molar-refractivity contribution in [2.24, 2.45) is 52.4 Å². The second-order valence-electron chi connectivity index (χ2n) is 20.2. The van der Waals surface area contributed by atoms with Crippen LogP contribution in [0.1, 0.15) is 112 Å². The van der Waals surface area contributed by atoms with Crippen molar-refractivity contribution in [3.63, 3.8) is 0 Å². The van der Waals surface area contributed by atoms with Gasteiger partial charge in [0.1, 0.15) is 30.1 Å². The van der Waals surface area contributed by atoms with Crippen LogP contribution in [0.2, 0.25) is 0 Å². The van der Waals surface area contributed by atoms with Gasteiger partial charge in [0.25, 0.3) is 11.7 Å². The maximum absolute atomic E-state index is 14.5. The van der Waals surface area contributed by atoms with Gasteiger partial charge in [0.2, 0.25) is 5.79 Å². The average Bonchev–Trinajstić information content (AvgIpc) is 3.29. The van der Waals surface area contributed by atoms with Crippen LogP contribution < -0.4 is 11.0 Å². The number of esters is 1. The maximum atomic E-state index is 14.5. The van der Waals surface area contributed by atoms with Crippen molar-refractivity contribution in [2.45, 2.75) is 167 Å². The van der Waals surface area contributed by atoms with Crippen LogP contribution in [0.4, 0.5) is 0 Å². The van der Waals surface area contributed by atoms with Crippen molar-refractivity contribution in [1.29, 1.82) is 0 Å². The van der Waals surface area contributed by atoms with Gasteiger partial charge in [0, 0.05) is 64.4 Å². The molecule has 0 aromatic rings. The van der Waals surface area contributed by atoms with Crippen molar-refractivity contribution in [1.82, 2.24) is 4.90 Å². The van der Waals surface area contributed by atoms with E-state index in [0.29, 0.717) is 69.8 Å². The highest BCUT2D eigenvalue weighted by molar-refractivity contribution is 7.53. The molecule has 4 heterocycles. The number of aliphatic hydroxyl groups is 2. The predicted molar refractivity (Wildman–Crippen MR) is 253 cm³/mol. The van der Waals surface area contributed by atoms with Gasteiger partial charge in [0.15, 0.2) is 5.78 Å². The quantitative estimate of drug-likeness (QED) is 0.107.